The van der Waals surface area contributed by atoms with E-state index >= 15 is 0 Å². The van der Waals surface area contributed by atoms with Crippen molar-refractivity contribution in [3.63, 3.8) is 0 Å². The fourth-order valence-electron chi connectivity index (χ4n) is 2.37. The molecule has 0 aromatic heterocycles. The van der Waals surface area contributed by atoms with Crippen LogP contribution in [0.3, 0.4) is 0 Å². The van der Waals surface area contributed by atoms with Gasteiger partial charge in [-0.3, -0.25) is 4.99 Å². The number of nitrogens with zero attached hydrogens (tertiary/aromatic N) is 1. The van der Waals surface area contributed by atoms with Crippen LogP contribution in [0.1, 0.15) is 0 Å². The molecule has 0 bridgehead atoms. The van der Waals surface area contributed by atoms with E-state index in [0.29, 0.717) is 79.2 Å². The fraction of sp³-hybridized carbons (Fsp3) is 0.737. The van der Waals surface area contributed by atoms with Crippen molar-refractivity contribution in [3.8, 4) is 0 Å². The van der Waals surface area contributed by atoms with Crippen LogP contribution in [0.25, 0.3) is 0 Å². The van der Waals surface area contributed by atoms with Gasteiger partial charge in [0.2, 0.25) is 0 Å². The molecule has 0 spiro atoms. The molecule has 0 amide bonds. The zero-order chi connectivity index (χ0) is 18.1. The lowest BCUT2D eigenvalue weighted by molar-refractivity contribution is -0.0573. The van der Waals surface area contributed by atoms with Crippen molar-refractivity contribution in [2.45, 2.75) is 6.10 Å². The highest BCUT2D eigenvalue weighted by atomic mass is 16.6. The maximum absolute atomic E-state index is 5.85. The van der Waals surface area contributed by atoms with Crippen LogP contribution < -0.4 is 0 Å². The summed E-state index contributed by atoms with van der Waals surface area (Å²) >= 11 is 0. The molecule has 0 aromatic rings. The van der Waals surface area contributed by atoms with Gasteiger partial charge in [0.05, 0.1) is 79.2 Å². The lowest BCUT2D eigenvalue weighted by Crippen LogP contribution is -2.26. The van der Waals surface area contributed by atoms with Gasteiger partial charge in [-0.2, -0.15) is 0 Å². The van der Waals surface area contributed by atoms with Crippen LogP contribution in [0.4, 0.5) is 0 Å². The first-order valence-electron chi connectivity index (χ1n) is 9.30. The largest absolute Gasteiger partial charge is 0.377 e. The number of hydrogen-bond donors (Lipinski definition) is 0. The van der Waals surface area contributed by atoms with Gasteiger partial charge in [-0.05, 0) is 0 Å². The van der Waals surface area contributed by atoms with Crippen LogP contribution in [0.2, 0.25) is 0 Å². The van der Waals surface area contributed by atoms with Gasteiger partial charge >= 0.3 is 0 Å². The van der Waals surface area contributed by atoms with Crippen LogP contribution in [0.15, 0.2) is 29.3 Å². The molecule has 0 radical (unpaired) electrons. The molecule has 148 valence electrons. The first-order valence-corrected chi connectivity index (χ1v) is 9.30. The van der Waals surface area contributed by atoms with Gasteiger partial charge in [-0.1, -0.05) is 24.3 Å². The molecule has 2 rings (SSSR count). The van der Waals surface area contributed by atoms with E-state index < -0.39 is 0 Å². The van der Waals surface area contributed by atoms with Gasteiger partial charge in [0.1, 0.15) is 6.10 Å². The molecule has 0 saturated carbocycles. The number of aliphatic imine (C=N–C) groups is 1. The Kier molecular flexibility index (Phi) is 12.3. The Morgan fingerprint density at radius 1 is 0.692 bits per heavy atom. The molecule has 1 aliphatic carbocycles. The molecule has 0 aromatic carbocycles. The smallest absolute Gasteiger partial charge is 0.100 e. The molecule has 7 nitrogen and oxygen atoms in total. The topological polar surface area (TPSA) is 67.7 Å². The van der Waals surface area contributed by atoms with Gasteiger partial charge in [0, 0.05) is 12.1 Å². The summed E-state index contributed by atoms with van der Waals surface area (Å²) < 4.78 is 33.3. The minimum absolute atomic E-state index is 0.0947. The SMILES string of the molecule is C1=CC(C=NCC2COCCOCCOCCOCCOCCO2)C=C1. The number of hydrogen-bond acceptors (Lipinski definition) is 7. The molecule has 0 N–H and O–H groups in total. The van der Waals surface area contributed by atoms with E-state index in [2.05, 4.69) is 17.1 Å². The molecule has 1 atom stereocenters. The highest BCUT2D eigenvalue weighted by Crippen LogP contribution is 2.06. The van der Waals surface area contributed by atoms with Crippen molar-refractivity contribution in [2.75, 3.05) is 79.2 Å². The van der Waals surface area contributed by atoms with Gasteiger partial charge < -0.3 is 28.4 Å². The molecule has 1 unspecified atom stereocenters. The van der Waals surface area contributed by atoms with E-state index in [1.54, 1.807) is 0 Å². The molecule has 2 aliphatic rings. The van der Waals surface area contributed by atoms with Gasteiger partial charge in [-0.25, -0.2) is 0 Å². The molecule has 26 heavy (non-hydrogen) atoms. The van der Waals surface area contributed by atoms with Crippen molar-refractivity contribution in [3.05, 3.63) is 24.3 Å². The van der Waals surface area contributed by atoms with E-state index in [1.807, 2.05) is 18.4 Å². The minimum Gasteiger partial charge on any atom is -0.377 e. The first-order chi connectivity index (χ1) is 12.9. The van der Waals surface area contributed by atoms with E-state index in [9.17, 15) is 0 Å². The summed E-state index contributed by atoms with van der Waals surface area (Å²) in [5, 5.41) is 0. The zero-order valence-corrected chi connectivity index (χ0v) is 15.4. The third-order valence-electron chi connectivity index (χ3n) is 3.74. The number of ether oxygens (including phenoxy) is 6. The summed E-state index contributed by atoms with van der Waals surface area (Å²) in [6, 6.07) is 0. The third kappa shape index (κ3) is 10.8. The summed E-state index contributed by atoms with van der Waals surface area (Å²) in [7, 11) is 0. The Bertz CT molecular complexity index is 396. The summed E-state index contributed by atoms with van der Waals surface area (Å²) in [5.41, 5.74) is 0. The van der Waals surface area contributed by atoms with Crippen LogP contribution in [0, 0.1) is 5.92 Å². The molecular formula is C19H31NO6. The fourth-order valence-corrected chi connectivity index (χ4v) is 2.37. The average molecular weight is 369 g/mol. The lowest BCUT2D eigenvalue weighted by atomic mass is 10.2. The Labute approximate surface area is 155 Å². The number of rotatable bonds is 3. The Balaban J connectivity index is 1.68. The monoisotopic (exact) mass is 369 g/mol. The predicted molar refractivity (Wildman–Crippen MR) is 99.0 cm³/mol. The molecule has 1 heterocycles. The van der Waals surface area contributed by atoms with Gasteiger partial charge in [-0.15, -0.1) is 0 Å². The maximum atomic E-state index is 5.85. The quantitative estimate of drug-likeness (QED) is 0.698. The zero-order valence-electron chi connectivity index (χ0n) is 15.4. The summed E-state index contributed by atoms with van der Waals surface area (Å²) in [6.07, 6.45) is 10.1. The summed E-state index contributed by atoms with van der Waals surface area (Å²) in [5.74, 6) is 0.286. The Morgan fingerprint density at radius 3 is 1.77 bits per heavy atom. The molecule has 7 heteroatoms. The molecule has 1 fully saturated rings. The third-order valence-corrected chi connectivity index (χ3v) is 3.74. The van der Waals surface area contributed by atoms with Crippen molar-refractivity contribution in [1.82, 2.24) is 0 Å². The summed E-state index contributed by atoms with van der Waals surface area (Å²) in [4.78, 5) is 4.49. The Hall–Kier alpha value is -1.09. The van der Waals surface area contributed by atoms with E-state index in [1.165, 1.54) is 0 Å². The van der Waals surface area contributed by atoms with E-state index in [4.69, 9.17) is 28.4 Å². The van der Waals surface area contributed by atoms with Crippen LogP contribution >= 0.6 is 0 Å². The normalized spacial score (nSPS) is 26.1. The van der Waals surface area contributed by atoms with E-state index in [-0.39, 0.29) is 12.0 Å². The summed E-state index contributed by atoms with van der Waals surface area (Å²) in [6.45, 7) is 6.49. The lowest BCUT2D eigenvalue weighted by Gasteiger charge is -2.17. The standard InChI is InChI=1S/C19H31NO6/c1-2-4-18(3-1)15-20-16-19-17-25-12-11-23-8-7-21-5-6-22-9-10-24-13-14-26-19/h1-4,15,18-19H,5-14,16-17H2. The van der Waals surface area contributed by atoms with Crippen molar-refractivity contribution < 1.29 is 28.4 Å². The van der Waals surface area contributed by atoms with Crippen LogP contribution in [-0.4, -0.2) is 91.5 Å². The second-order valence-electron chi connectivity index (χ2n) is 5.88. The predicted octanol–water partition coefficient (Wildman–Crippen LogP) is 1.28. The maximum Gasteiger partial charge on any atom is 0.100 e. The van der Waals surface area contributed by atoms with Crippen molar-refractivity contribution in [1.29, 1.82) is 0 Å². The second kappa shape index (κ2) is 15.0. The Morgan fingerprint density at radius 2 is 1.19 bits per heavy atom. The highest BCUT2D eigenvalue weighted by Gasteiger charge is 2.09. The van der Waals surface area contributed by atoms with Gasteiger partial charge in [0.15, 0.2) is 0 Å². The average Bonchev–Trinajstić information content (AvgIpc) is 3.16. The van der Waals surface area contributed by atoms with Crippen molar-refractivity contribution in [2.24, 2.45) is 10.9 Å². The first kappa shape index (κ1) is 21.2. The highest BCUT2D eigenvalue weighted by molar-refractivity contribution is 5.67. The van der Waals surface area contributed by atoms with Crippen molar-refractivity contribution >= 4 is 6.21 Å². The second-order valence-corrected chi connectivity index (χ2v) is 5.88. The number of allylic oxidation sites excluding steroid dienone is 4. The molecule has 1 aliphatic heterocycles. The van der Waals surface area contributed by atoms with Crippen LogP contribution in [-0.2, 0) is 28.4 Å². The van der Waals surface area contributed by atoms with Crippen LogP contribution in [0.5, 0.6) is 0 Å². The molecule has 1 saturated heterocycles. The van der Waals surface area contributed by atoms with E-state index in [0.717, 1.165) is 0 Å². The minimum atomic E-state index is -0.0947. The molecular weight excluding hydrogens is 338 g/mol. The van der Waals surface area contributed by atoms with Gasteiger partial charge in [0.25, 0.3) is 0 Å².